The number of hydrogen-bond donors (Lipinski definition) is 3. The number of alkyl halides is 3. The molecule has 1 aromatic carbocycles. The molecular formula is C45H65F3N2O9S. The second-order valence-corrected chi connectivity index (χ2v) is 21.8. The normalized spacial score (nSPS) is 37.4. The van der Waals surface area contributed by atoms with Gasteiger partial charge in [-0.25, -0.2) is 13.1 Å². The average molecular weight is 867 g/mol. The van der Waals surface area contributed by atoms with Crippen molar-refractivity contribution in [2.75, 3.05) is 19.8 Å². The molecule has 6 rings (SSSR count). The highest BCUT2D eigenvalue weighted by Gasteiger charge is 2.72. The Labute approximate surface area is 353 Å². The third-order valence-electron chi connectivity index (χ3n) is 16.6. The number of carbonyl (C=O) groups is 3. The number of esters is 2. The van der Waals surface area contributed by atoms with E-state index in [0.29, 0.717) is 37.9 Å². The Morgan fingerprint density at radius 2 is 1.72 bits per heavy atom. The summed E-state index contributed by atoms with van der Waals surface area (Å²) in [4.78, 5) is 39.4. The molecule has 60 heavy (non-hydrogen) atoms. The molecule has 1 saturated heterocycles. The van der Waals surface area contributed by atoms with Crippen molar-refractivity contribution in [2.45, 2.75) is 142 Å². The zero-order valence-electron chi connectivity index (χ0n) is 36.3. The summed E-state index contributed by atoms with van der Waals surface area (Å²) in [6, 6.07) is 2.42. The lowest BCUT2D eigenvalue weighted by Gasteiger charge is -2.71. The molecule has 11 nitrogen and oxygen atoms in total. The number of allylic oxidation sites excluding steroid dienone is 1. The average Bonchev–Trinajstić information content (AvgIpc) is 3.15. The quantitative estimate of drug-likeness (QED) is 0.101. The Kier molecular flexibility index (Phi) is 12.6. The summed E-state index contributed by atoms with van der Waals surface area (Å²) in [7, 11) is -4.21. The van der Waals surface area contributed by atoms with Crippen molar-refractivity contribution < 1.29 is 55.3 Å². The molecule has 15 heteroatoms. The van der Waals surface area contributed by atoms with Crippen LogP contribution in [0.3, 0.4) is 0 Å². The summed E-state index contributed by atoms with van der Waals surface area (Å²) >= 11 is 0. The molecule has 4 N–H and O–H groups in total. The van der Waals surface area contributed by atoms with Crippen molar-refractivity contribution in [3.63, 3.8) is 0 Å². The van der Waals surface area contributed by atoms with Gasteiger partial charge in [-0.15, -0.1) is 0 Å². The van der Waals surface area contributed by atoms with E-state index in [1.165, 1.54) is 12.5 Å². The molecule has 0 radical (unpaired) electrons. The first-order valence-electron chi connectivity index (χ1n) is 21.6. The van der Waals surface area contributed by atoms with Gasteiger partial charge in [-0.1, -0.05) is 72.6 Å². The van der Waals surface area contributed by atoms with Crippen molar-refractivity contribution in [1.82, 2.24) is 4.72 Å². The number of unbranched alkanes of at least 4 members (excludes halogenated alkanes) is 1. The minimum absolute atomic E-state index is 0.0185. The van der Waals surface area contributed by atoms with Crippen LogP contribution in [0.1, 0.15) is 119 Å². The zero-order chi connectivity index (χ0) is 44.4. The Morgan fingerprint density at radius 1 is 1.02 bits per heavy atom. The van der Waals surface area contributed by atoms with E-state index in [4.69, 9.17) is 19.9 Å². The van der Waals surface area contributed by atoms with Crippen LogP contribution in [0, 0.1) is 56.7 Å². The highest BCUT2D eigenvalue weighted by Crippen LogP contribution is 2.75. The van der Waals surface area contributed by atoms with Gasteiger partial charge in [0.05, 0.1) is 29.6 Å². The summed E-state index contributed by atoms with van der Waals surface area (Å²) in [6.45, 7) is 17.2. The van der Waals surface area contributed by atoms with E-state index in [0.717, 1.165) is 43.9 Å². The second kappa shape index (κ2) is 16.3. The lowest BCUT2D eigenvalue weighted by molar-refractivity contribution is -0.263. The summed E-state index contributed by atoms with van der Waals surface area (Å²) in [5.41, 5.74) is 4.09. The molecule has 3 saturated carbocycles. The number of ether oxygens (including phenoxy) is 3. The SMILES string of the molecule is CC(=O)O[C@@H]1C[C@@]23COC[C@](C)([C@@H]2CC[C@H]2C3=CC[C@@]3(C)[C@H](C(=O)O)[C@@](C)([C@H](C)C(C)C)CC[C@]23C)[C@H]1OC(=O)C(N)CCCCNS(=O)(=O)c1cccc(C(F)(F)F)c1. The number of hydrogen-bond acceptors (Lipinski definition) is 9. The first-order valence-corrected chi connectivity index (χ1v) is 23.1. The van der Waals surface area contributed by atoms with Gasteiger partial charge in [0, 0.05) is 24.3 Å². The fraction of sp³-hybridized carbons (Fsp3) is 0.756. The van der Waals surface area contributed by atoms with Crippen LogP contribution >= 0.6 is 0 Å². The van der Waals surface area contributed by atoms with E-state index < -0.39 is 85.0 Å². The number of benzene rings is 1. The van der Waals surface area contributed by atoms with E-state index in [1.807, 2.05) is 6.92 Å². The maximum Gasteiger partial charge on any atom is 0.416 e. The lowest BCUT2D eigenvalue weighted by Crippen LogP contribution is -2.70. The second-order valence-electron chi connectivity index (χ2n) is 20.1. The Bertz CT molecular complexity index is 1980. The van der Waals surface area contributed by atoms with Crippen LogP contribution in [0.4, 0.5) is 13.2 Å². The van der Waals surface area contributed by atoms with Gasteiger partial charge in [-0.3, -0.25) is 14.4 Å². The van der Waals surface area contributed by atoms with E-state index in [-0.39, 0.29) is 54.6 Å². The highest BCUT2D eigenvalue weighted by molar-refractivity contribution is 7.89. The van der Waals surface area contributed by atoms with Gasteiger partial charge in [0.1, 0.15) is 18.2 Å². The lowest BCUT2D eigenvalue weighted by atomic mass is 9.34. The molecule has 5 aliphatic rings. The fourth-order valence-electron chi connectivity index (χ4n) is 13.1. The summed E-state index contributed by atoms with van der Waals surface area (Å²) in [6.07, 6.45) is 1.03. The highest BCUT2D eigenvalue weighted by atomic mass is 32.2. The number of aliphatic carboxylic acids is 1. The van der Waals surface area contributed by atoms with Crippen LogP contribution in [0.2, 0.25) is 0 Å². The number of halogens is 3. The van der Waals surface area contributed by atoms with Crippen molar-refractivity contribution in [1.29, 1.82) is 0 Å². The minimum atomic E-state index is -4.69. The molecule has 0 spiro atoms. The van der Waals surface area contributed by atoms with Gasteiger partial charge < -0.3 is 25.1 Å². The summed E-state index contributed by atoms with van der Waals surface area (Å²) < 4.78 is 85.9. The van der Waals surface area contributed by atoms with Gasteiger partial charge in [-0.05, 0) is 109 Å². The third kappa shape index (κ3) is 7.73. The van der Waals surface area contributed by atoms with Crippen molar-refractivity contribution in [2.24, 2.45) is 62.4 Å². The van der Waals surface area contributed by atoms with Gasteiger partial charge >= 0.3 is 24.1 Å². The van der Waals surface area contributed by atoms with Gasteiger partial charge in [-0.2, -0.15) is 13.2 Å². The molecule has 2 bridgehead atoms. The topological polar surface area (TPSA) is 171 Å². The molecule has 1 unspecified atom stereocenters. The smallest absolute Gasteiger partial charge is 0.416 e. The van der Waals surface area contributed by atoms with Crippen molar-refractivity contribution in [3.05, 3.63) is 41.5 Å². The molecule has 1 aliphatic heterocycles. The maximum atomic E-state index is 13.7. The largest absolute Gasteiger partial charge is 0.481 e. The number of nitrogens with one attached hydrogen (secondary N) is 1. The first-order chi connectivity index (χ1) is 27.8. The van der Waals surface area contributed by atoms with E-state index in [9.17, 15) is 41.1 Å². The van der Waals surface area contributed by atoms with Crippen LogP contribution in [0.25, 0.3) is 0 Å². The first kappa shape index (κ1) is 46.5. The molecule has 12 atom stereocenters. The Balaban J connectivity index is 1.18. The number of fused-ring (bicyclic) bond motifs is 3. The van der Waals surface area contributed by atoms with Crippen LogP contribution in [0.15, 0.2) is 40.8 Å². The number of carbonyl (C=O) groups excluding carboxylic acids is 2. The van der Waals surface area contributed by atoms with Crippen LogP contribution in [-0.4, -0.2) is 69.4 Å². The fourth-order valence-corrected chi connectivity index (χ4v) is 14.2. The molecule has 1 heterocycles. The monoisotopic (exact) mass is 866 g/mol. The van der Waals surface area contributed by atoms with E-state index in [2.05, 4.69) is 52.3 Å². The van der Waals surface area contributed by atoms with E-state index >= 15 is 0 Å². The molecular weight excluding hydrogens is 802 g/mol. The summed E-state index contributed by atoms with van der Waals surface area (Å²) in [5.74, 6) is -1.80. The molecule has 1 aromatic rings. The number of nitrogens with two attached hydrogens (primary N) is 1. The number of sulfonamides is 1. The standard InChI is InChI=1S/C45H65F3N2O9S/c1-26(2)27(3)40(5)19-20-42(7)31-15-16-35-41(6)24-57-25-44(35,32(31)17-18-43(42,8)36(40)38(52)53)23-34(58-28(4)51)37(41)59-39(54)33(49)14-9-10-21-50-60(55,56)30-13-11-12-29(22-30)45(46,47)48/h11-13,17,22,26-27,31,33-37,50H,9-10,14-16,18-21,23-25,49H2,1-8H3,(H,52,53)/t27-,31+,33?,34-,35+,36-,37+,40-,41-,42-,43+,44+/m1/s1. The van der Waals surface area contributed by atoms with Gasteiger partial charge in [0.25, 0.3) is 0 Å². The molecule has 4 fully saturated rings. The number of carboxylic acid groups (broad SMARTS) is 1. The van der Waals surface area contributed by atoms with Crippen LogP contribution in [-0.2, 0) is 44.8 Å². The van der Waals surface area contributed by atoms with Gasteiger partial charge in [0.15, 0.2) is 0 Å². The van der Waals surface area contributed by atoms with Gasteiger partial charge in [0.2, 0.25) is 10.0 Å². The zero-order valence-corrected chi connectivity index (χ0v) is 37.1. The predicted molar refractivity (Wildman–Crippen MR) is 217 cm³/mol. The Morgan fingerprint density at radius 3 is 2.35 bits per heavy atom. The van der Waals surface area contributed by atoms with E-state index in [1.54, 1.807) is 0 Å². The Hall–Kier alpha value is -3.01. The van der Waals surface area contributed by atoms with Crippen LogP contribution in [0.5, 0.6) is 0 Å². The number of carboxylic acids is 1. The summed E-state index contributed by atoms with van der Waals surface area (Å²) in [5, 5.41) is 11.0. The number of rotatable bonds is 13. The molecule has 0 amide bonds. The maximum absolute atomic E-state index is 13.7. The minimum Gasteiger partial charge on any atom is -0.481 e. The third-order valence-corrected chi connectivity index (χ3v) is 18.1. The molecule has 0 aromatic heterocycles. The van der Waals surface area contributed by atoms with Crippen LogP contribution < -0.4 is 10.5 Å². The van der Waals surface area contributed by atoms with Crippen molar-refractivity contribution in [3.8, 4) is 0 Å². The van der Waals surface area contributed by atoms with Crippen molar-refractivity contribution >= 4 is 27.9 Å². The predicted octanol–water partition coefficient (Wildman–Crippen LogP) is 7.91. The molecule has 336 valence electrons. The molecule has 4 aliphatic carbocycles.